The van der Waals surface area contributed by atoms with Gasteiger partial charge < -0.3 is 4.90 Å². The van der Waals surface area contributed by atoms with Crippen molar-refractivity contribution in [2.45, 2.75) is 19.8 Å². The van der Waals surface area contributed by atoms with E-state index in [-0.39, 0.29) is 5.91 Å². The predicted molar refractivity (Wildman–Crippen MR) is 99.9 cm³/mol. The normalized spacial score (nSPS) is 16.5. The van der Waals surface area contributed by atoms with Crippen LogP contribution in [-0.4, -0.2) is 65.7 Å². The fraction of sp³-hybridized carbons (Fsp3) is 0.444. The van der Waals surface area contributed by atoms with Gasteiger partial charge in [-0.1, -0.05) is 25.1 Å². The number of sulfonamides is 1. The van der Waals surface area contributed by atoms with E-state index in [0.717, 1.165) is 11.4 Å². The van der Waals surface area contributed by atoms with Crippen LogP contribution in [0.15, 0.2) is 36.5 Å². The van der Waals surface area contributed by atoms with Gasteiger partial charge in [0.05, 0.1) is 29.4 Å². The van der Waals surface area contributed by atoms with Crippen LogP contribution in [0.2, 0.25) is 0 Å². The lowest BCUT2D eigenvalue weighted by Crippen LogP contribution is -2.37. The molecule has 2 heterocycles. The molecule has 0 atom stereocenters. The van der Waals surface area contributed by atoms with Crippen molar-refractivity contribution in [3.05, 3.63) is 47.8 Å². The van der Waals surface area contributed by atoms with E-state index in [1.807, 2.05) is 37.3 Å². The lowest BCUT2D eigenvalue weighted by Gasteiger charge is -2.21. The van der Waals surface area contributed by atoms with Gasteiger partial charge in [0, 0.05) is 26.2 Å². The Hall–Kier alpha value is -2.19. The molecule has 0 aliphatic carbocycles. The molecule has 1 aliphatic rings. The number of hydrogen-bond acceptors (Lipinski definition) is 4. The standard InChI is InChI=1S/C18H24N4O3S/c1-3-17-16(14-19-22(17)15-8-5-4-6-9-15)18(23)20-10-7-11-21(13-12-20)26(2,24)25/h4-6,8-9,14H,3,7,10-13H2,1-2H3. The maximum atomic E-state index is 13.0. The maximum Gasteiger partial charge on any atom is 0.257 e. The third kappa shape index (κ3) is 3.81. The molecule has 0 unspecified atom stereocenters. The van der Waals surface area contributed by atoms with E-state index < -0.39 is 10.0 Å². The van der Waals surface area contributed by atoms with Gasteiger partial charge in [0.2, 0.25) is 10.0 Å². The average molecular weight is 376 g/mol. The number of rotatable bonds is 4. The average Bonchev–Trinajstić information content (AvgIpc) is 2.88. The highest BCUT2D eigenvalue weighted by Gasteiger charge is 2.27. The van der Waals surface area contributed by atoms with Crippen molar-refractivity contribution in [2.24, 2.45) is 0 Å². The lowest BCUT2D eigenvalue weighted by molar-refractivity contribution is 0.0763. The summed E-state index contributed by atoms with van der Waals surface area (Å²) in [5.74, 6) is -0.0839. The molecule has 1 aromatic heterocycles. The Kier molecular flexibility index (Phi) is 5.43. The Morgan fingerprint density at radius 2 is 1.85 bits per heavy atom. The van der Waals surface area contributed by atoms with Crippen molar-refractivity contribution >= 4 is 15.9 Å². The summed E-state index contributed by atoms with van der Waals surface area (Å²) in [6.45, 7) is 3.72. The van der Waals surface area contributed by atoms with E-state index in [9.17, 15) is 13.2 Å². The first-order chi connectivity index (χ1) is 12.4. The molecule has 3 rings (SSSR count). The molecular formula is C18H24N4O3S. The summed E-state index contributed by atoms with van der Waals surface area (Å²) in [6.07, 6.45) is 4.14. The first kappa shape index (κ1) is 18.6. The van der Waals surface area contributed by atoms with Crippen molar-refractivity contribution in [1.82, 2.24) is 19.0 Å². The summed E-state index contributed by atoms with van der Waals surface area (Å²) in [6, 6.07) is 9.72. The Balaban J connectivity index is 1.83. The Bertz CT molecular complexity index is 877. The van der Waals surface area contributed by atoms with E-state index >= 15 is 0 Å². The molecule has 2 aromatic rings. The van der Waals surface area contributed by atoms with E-state index in [1.54, 1.807) is 15.8 Å². The smallest absolute Gasteiger partial charge is 0.257 e. The SMILES string of the molecule is CCc1c(C(=O)N2CCCN(S(C)(=O)=O)CC2)cnn1-c1ccccc1. The van der Waals surface area contributed by atoms with Crippen molar-refractivity contribution in [3.63, 3.8) is 0 Å². The number of aromatic nitrogens is 2. The number of hydrogen-bond donors (Lipinski definition) is 0. The minimum atomic E-state index is -3.23. The highest BCUT2D eigenvalue weighted by atomic mass is 32.2. The third-order valence-corrected chi connectivity index (χ3v) is 5.95. The van der Waals surface area contributed by atoms with Crippen LogP contribution in [0.1, 0.15) is 29.4 Å². The van der Waals surface area contributed by atoms with Gasteiger partial charge in [-0.05, 0) is 25.0 Å². The zero-order chi connectivity index (χ0) is 18.7. The fourth-order valence-corrected chi connectivity index (χ4v) is 4.16. The molecule has 26 heavy (non-hydrogen) atoms. The molecule has 0 spiro atoms. The first-order valence-electron chi connectivity index (χ1n) is 8.78. The molecular weight excluding hydrogens is 352 g/mol. The second-order valence-corrected chi connectivity index (χ2v) is 8.40. The molecule has 7 nitrogen and oxygen atoms in total. The van der Waals surface area contributed by atoms with Gasteiger partial charge in [-0.3, -0.25) is 4.79 Å². The molecule has 1 aromatic carbocycles. The highest BCUT2D eigenvalue weighted by Crippen LogP contribution is 2.18. The number of benzene rings is 1. The van der Waals surface area contributed by atoms with Crippen LogP contribution in [0.3, 0.4) is 0 Å². The summed E-state index contributed by atoms with van der Waals surface area (Å²) >= 11 is 0. The van der Waals surface area contributed by atoms with Crippen LogP contribution < -0.4 is 0 Å². The van der Waals surface area contributed by atoms with Gasteiger partial charge >= 0.3 is 0 Å². The molecule has 1 fully saturated rings. The quantitative estimate of drug-likeness (QED) is 0.811. The number of amides is 1. The number of carbonyl (C=O) groups is 1. The first-order valence-corrected chi connectivity index (χ1v) is 10.6. The van der Waals surface area contributed by atoms with Crippen LogP contribution in [0.4, 0.5) is 0 Å². The zero-order valence-electron chi connectivity index (χ0n) is 15.1. The van der Waals surface area contributed by atoms with Gasteiger partial charge in [0.25, 0.3) is 5.91 Å². The fourth-order valence-electron chi connectivity index (χ4n) is 3.28. The van der Waals surface area contributed by atoms with Crippen molar-refractivity contribution in [2.75, 3.05) is 32.4 Å². The van der Waals surface area contributed by atoms with E-state index in [0.29, 0.717) is 44.6 Å². The van der Waals surface area contributed by atoms with Gasteiger partial charge in [-0.2, -0.15) is 5.10 Å². The topological polar surface area (TPSA) is 75.5 Å². The summed E-state index contributed by atoms with van der Waals surface area (Å²) in [4.78, 5) is 14.8. The van der Waals surface area contributed by atoms with Gasteiger partial charge in [0.15, 0.2) is 0 Å². The minimum Gasteiger partial charge on any atom is -0.337 e. The second-order valence-electron chi connectivity index (χ2n) is 6.41. The van der Waals surface area contributed by atoms with Crippen molar-refractivity contribution in [3.8, 4) is 5.69 Å². The van der Waals surface area contributed by atoms with Crippen molar-refractivity contribution in [1.29, 1.82) is 0 Å². The number of nitrogens with zero attached hydrogens (tertiary/aromatic N) is 4. The van der Waals surface area contributed by atoms with Crippen LogP contribution in [0.5, 0.6) is 0 Å². The lowest BCUT2D eigenvalue weighted by atomic mass is 10.1. The van der Waals surface area contributed by atoms with Crippen molar-refractivity contribution < 1.29 is 13.2 Å². The van der Waals surface area contributed by atoms with Crippen LogP contribution in [0.25, 0.3) is 5.69 Å². The van der Waals surface area contributed by atoms with E-state index in [1.165, 1.54) is 10.6 Å². The van der Waals surface area contributed by atoms with E-state index in [2.05, 4.69) is 5.10 Å². The minimum absolute atomic E-state index is 0.0839. The molecule has 8 heteroatoms. The van der Waals surface area contributed by atoms with E-state index in [4.69, 9.17) is 0 Å². The molecule has 0 N–H and O–H groups in total. The maximum absolute atomic E-state index is 13.0. The highest BCUT2D eigenvalue weighted by molar-refractivity contribution is 7.88. The summed E-state index contributed by atoms with van der Waals surface area (Å²) in [5.41, 5.74) is 2.37. The summed E-state index contributed by atoms with van der Waals surface area (Å²) in [7, 11) is -3.23. The summed E-state index contributed by atoms with van der Waals surface area (Å²) in [5, 5.41) is 4.41. The Labute approximate surface area is 154 Å². The largest absolute Gasteiger partial charge is 0.337 e. The van der Waals surface area contributed by atoms with Crippen LogP contribution in [0, 0.1) is 0 Å². The van der Waals surface area contributed by atoms with Gasteiger partial charge in [-0.15, -0.1) is 0 Å². The molecule has 140 valence electrons. The number of carbonyl (C=O) groups excluding carboxylic acids is 1. The molecule has 1 aliphatic heterocycles. The van der Waals surface area contributed by atoms with Gasteiger partial charge in [0.1, 0.15) is 0 Å². The van der Waals surface area contributed by atoms with Crippen LogP contribution in [-0.2, 0) is 16.4 Å². The van der Waals surface area contributed by atoms with Gasteiger partial charge in [-0.25, -0.2) is 17.4 Å². The third-order valence-electron chi connectivity index (χ3n) is 4.65. The predicted octanol–water partition coefficient (Wildman–Crippen LogP) is 1.54. The Morgan fingerprint density at radius 1 is 1.12 bits per heavy atom. The molecule has 0 saturated carbocycles. The monoisotopic (exact) mass is 376 g/mol. The molecule has 1 saturated heterocycles. The zero-order valence-corrected chi connectivity index (χ0v) is 15.9. The number of para-hydroxylation sites is 1. The Morgan fingerprint density at radius 3 is 2.50 bits per heavy atom. The van der Waals surface area contributed by atoms with Crippen LogP contribution >= 0.6 is 0 Å². The summed E-state index contributed by atoms with van der Waals surface area (Å²) < 4.78 is 26.7. The molecule has 0 radical (unpaired) electrons. The second kappa shape index (κ2) is 7.59. The molecule has 1 amide bonds. The molecule has 0 bridgehead atoms.